The molecule has 0 radical (unpaired) electrons. The summed E-state index contributed by atoms with van der Waals surface area (Å²) in [4.78, 5) is 0. The fourth-order valence-corrected chi connectivity index (χ4v) is 1.09. The van der Waals surface area contributed by atoms with E-state index in [1.54, 1.807) is 0 Å². The van der Waals surface area contributed by atoms with Crippen LogP contribution in [0.25, 0.3) is 0 Å². The Morgan fingerprint density at radius 2 is 2.00 bits per heavy atom. The number of benzene rings is 1. The lowest BCUT2D eigenvalue weighted by Gasteiger charge is -2.10. The van der Waals surface area contributed by atoms with Crippen LogP contribution in [0.15, 0.2) is 24.3 Å². The Hall–Kier alpha value is -1.02. The molecule has 1 rings (SSSR count). The maximum absolute atomic E-state index is 5.74. The van der Waals surface area contributed by atoms with Crippen LogP contribution in [0.5, 0.6) is 0 Å². The van der Waals surface area contributed by atoms with Gasteiger partial charge in [-0.05, 0) is 24.1 Å². The van der Waals surface area contributed by atoms with Crippen molar-refractivity contribution in [2.75, 3.05) is 12.3 Å². The van der Waals surface area contributed by atoms with E-state index < -0.39 is 0 Å². The van der Waals surface area contributed by atoms with Crippen molar-refractivity contribution < 1.29 is 0 Å². The van der Waals surface area contributed by atoms with E-state index >= 15 is 0 Å². The Labute approximate surface area is 67.2 Å². The van der Waals surface area contributed by atoms with Crippen LogP contribution in [0.3, 0.4) is 0 Å². The Morgan fingerprint density at radius 1 is 1.36 bits per heavy atom. The van der Waals surface area contributed by atoms with Crippen molar-refractivity contribution in [1.82, 2.24) is 0 Å². The summed E-state index contributed by atoms with van der Waals surface area (Å²) in [6.45, 7) is 2.72. The highest BCUT2D eigenvalue weighted by Gasteiger charge is 2.04. The third kappa shape index (κ3) is 1.71. The van der Waals surface area contributed by atoms with Gasteiger partial charge < -0.3 is 11.5 Å². The highest BCUT2D eigenvalue weighted by Crippen LogP contribution is 2.19. The first-order valence-corrected chi connectivity index (χ1v) is 3.80. The second-order valence-electron chi connectivity index (χ2n) is 2.77. The van der Waals surface area contributed by atoms with Gasteiger partial charge in [0.05, 0.1) is 0 Å². The summed E-state index contributed by atoms with van der Waals surface area (Å²) < 4.78 is 0. The molecule has 0 saturated heterocycles. The number of anilines is 1. The first-order chi connectivity index (χ1) is 5.25. The molecule has 0 fully saturated rings. The van der Waals surface area contributed by atoms with Gasteiger partial charge in [0.2, 0.25) is 0 Å². The molecule has 0 aliphatic carbocycles. The van der Waals surface area contributed by atoms with E-state index in [0.29, 0.717) is 12.5 Å². The summed E-state index contributed by atoms with van der Waals surface area (Å²) in [7, 11) is 0. The molecule has 4 N–H and O–H groups in total. The molecule has 2 heteroatoms. The lowest BCUT2D eigenvalue weighted by molar-refractivity contribution is 0.776. The summed E-state index contributed by atoms with van der Waals surface area (Å²) in [6, 6.07) is 7.84. The lowest BCUT2D eigenvalue weighted by Crippen LogP contribution is -2.10. The molecule has 0 aliphatic heterocycles. The van der Waals surface area contributed by atoms with Gasteiger partial charge in [-0.15, -0.1) is 0 Å². The minimum absolute atomic E-state index is 0.358. The van der Waals surface area contributed by atoms with Gasteiger partial charge in [-0.1, -0.05) is 25.1 Å². The van der Waals surface area contributed by atoms with Crippen molar-refractivity contribution in [3.05, 3.63) is 29.8 Å². The van der Waals surface area contributed by atoms with Crippen LogP contribution >= 0.6 is 0 Å². The Balaban J connectivity index is 2.93. The van der Waals surface area contributed by atoms with Gasteiger partial charge in [0.15, 0.2) is 0 Å². The largest absolute Gasteiger partial charge is 0.398 e. The molecular formula is C9H14N2. The van der Waals surface area contributed by atoms with Crippen LogP contribution in [-0.4, -0.2) is 6.54 Å². The van der Waals surface area contributed by atoms with E-state index in [1.807, 2.05) is 24.3 Å². The molecule has 60 valence electrons. The van der Waals surface area contributed by atoms with E-state index in [0.717, 1.165) is 11.3 Å². The molecule has 0 saturated carbocycles. The summed E-state index contributed by atoms with van der Waals surface area (Å²) in [5.41, 5.74) is 13.2. The number of nitrogens with two attached hydrogens (primary N) is 2. The summed E-state index contributed by atoms with van der Waals surface area (Å²) in [5.74, 6) is 0.358. The topological polar surface area (TPSA) is 52.0 Å². The van der Waals surface area contributed by atoms with Gasteiger partial charge in [0.25, 0.3) is 0 Å². The number of hydrogen-bond donors (Lipinski definition) is 2. The standard InChI is InChI=1S/C9H14N2/c1-7(6-10)8-4-2-3-5-9(8)11/h2-5,7H,6,10-11H2,1H3. The van der Waals surface area contributed by atoms with Crippen LogP contribution < -0.4 is 11.5 Å². The Morgan fingerprint density at radius 3 is 2.55 bits per heavy atom. The molecule has 0 amide bonds. The average molecular weight is 150 g/mol. The first-order valence-electron chi connectivity index (χ1n) is 3.80. The van der Waals surface area contributed by atoms with E-state index in [1.165, 1.54) is 0 Å². The first kappa shape index (κ1) is 8.08. The predicted octanol–water partition coefficient (Wildman–Crippen LogP) is 1.33. The average Bonchev–Trinajstić information content (AvgIpc) is 2.04. The third-order valence-electron chi connectivity index (χ3n) is 1.88. The van der Waals surface area contributed by atoms with Crippen molar-refractivity contribution in [2.24, 2.45) is 5.73 Å². The second kappa shape index (κ2) is 3.39. The van der Waals surface area contributed by atoms with Gasteiger partial charge >= 0.3 is 0 Å². The van der Waals surface area contributed by atoms with Gasteiger partial charge in [-0.2, -0.15) is 0 Å². The summed E-state index contributed by atoms with van der Waals surface area (Å²) >= 11 is 0. The molecule has 0 spiro atoms. The van der Waals surface area contributed by atoms with E-state index in [2.05, 4.69) is 6.92 Å². The van der Waals surface area contributed by atoms with Gasteiger partial charge in [0.1, 0.15) is 0 Å². The van der Waals surface area contributed by atoms with Gasteiger partial charge in [-0.3, -0.25) is 0 Å². The van der Waals surface area contributed by atoms with E-state index in [-0.39, 0.29) is 0 Å². The minimum atomic E-state index is 0.358. The summed E-state index contributed by atoms with van der Waals surface area (Å²) in [5, 5.41) is 0. The molecule has 1 unspecified atom stereocenters. The smallest absolute Gasteiger partial charge is 0.0349 e. The van der Waals surface area contributed by atoms with Gasteiger partial charge in [-0.25, -0.2) is 0 Å². The Bertz CT molecular complexity index is 233. The predicted molar refractivity (Wildman–Crippen MR) is 48.3 cm³/mol. The van der Waals surface area contributed by atoms with E-state index in [4.69, 9.17) is 11.5 Å². The van der Waals surface area contributed by atoms with Crippen molar-refractivity contribution in [1.29, 1.82) is 0 Å². The van der Waals surface area contributed by atoms with Gasteiger partial charge in [0, 0.05) is 5.69 Å². The third-order valence-corrected chi connectivity index (χ3v) is 1.88. The van der Waals surface area contributed by atoms with Crippen LogP contribution in [0.4, 0.5) is 5.69 Å². The maximum Gasteiger partial charge on any atom is 0.0349 e. The van der Waals surface area contributed by atoms with Crippen LogP contribution in [0.2, 0.25) is 0 Å². The SMILES string of the molecule is CC(CN)c1ccccc1N. The van der Waals surface area contributed by atoms with E-state index in [9.17, 15) is 0 Å². The molecular weight excluding hydrogens is 136 g/mol. The fourth-order valence-electron chi connectivity index (χ4n) is 1.09. The zero-order valence-corrected chi connectivity index (χ0v) is 6.75. The molecule has 2 nitrogen and oxygen atoms in total. The lowest BCUT2D eigenvalue weighted by atomic mass is 10.00. The molecule has 11 heavy (non-hydrogen) atoms. The van der Waals surface area contributed by atoms with Crippen LogP contribution in [0, 0.1) is 0 Å². The highest BCUT2D eigenvalue weighted by atomic mass is 14.6. The van der Waals surface area contributed by atoms with Crippen molar-refractivity contribution in [2.45, 2.75) is 12.8 Å². The monoisotopic (exact) mass is 150 g/mol. The highest BCUT2D eigenvalue weighted by molar-refractivity contribution is 5.48. The number of para-hydroxylation sites is 1. The number of rotatable bonds is 2. The molecule has 0 aliphatic rings. The number of hydrogen-bond acceptors (Lipinski definition) is 2. The Kier molecular flexibility index (Phi) is 2.49. The molecule has 1 aromatic rings. The molecule has 1 aromatic carbocycles. The fraction of sp³-hybridized carbons (Fsp3) is 0.333. The zero-order chi connectivity index (χ0) is 8.27. The molecule has 0 aromatic heterocycles. The molecule has 1 atom stereocenters. The van der Waals surface area contributed by atoms with Crippen molar-refractivity contribution in [3.8, 4) is 0 Å². The zero-order valence-electron chi connectivity index (χ0n) is 6.75. The normalized spacial score (nSPS) is 12.9. The van der Waals surface area contributed by atoms with Crippen LogP contribution in [-0.2, 0) is 0 Å². The summed E-state index contributed by atoms with van der Waals surface area (Å²) in [6.07, 6.45) is 0. The second-order valence-corrected chi connectivity index (χ2v) is 2.77. The minimum Gasteiger partial charge on any atom is -0.398 e. The molecule has 0 heterocycles. The number of nitrogen functional groups attached to an aromatic ring is 1. The van der Waals surface area contributed by atoms with Crippen molar-refractivity contribution in [3.63, 3.8) is 0 Å². The van der Waals surface area contributed by atoms with Crippen LogP contribution in [0.1, 0.15) is 18.4 Å². The molecule has 0 bridgehead atoms. The quantitative estimate of drug-likeness (QED) is 0.625. The maximum atomic E-state index is 5.74. The van der Waals surface area contributed by atoms with Crippen molar-refractivity contribution >= 4 is 5.69 Å².